The number of hydrogen-bond donors (Lipinski definition) is 1. The summed E-state index contributed by atoms with van der Waals surface area (Å²) >= 11 is 0. The normalized spacial score (nSPS) is 30.7. The van der Waals surface area contributed by atoms with Gasteiger partial charge in [0.05, 0.1) is 11.6 Å². The molecule has 0 radical (unpaired) electrons. The van der Waals surface area contributed by atoms with Gasteiger partial charge in [-0.15, -0.1) is 19.0 Å². The second-order valence-electron chi connectivity index (χ2n) is 6.61. The molecule has 0 amide bonds. The van der Waals surface area contributed by atoms with Gasteiger partial charge in [0.15, 0.2) is 0 Å². The van der Waals surface area contributed by atoms with Crippen LogP contribution in [0.3, 0.4) is 0 Å². The highest BCUT2D eigenvalue weighted by Crippen LogP contribution is 2.41. The van der Waals surface area contributed by atoms with E-state index in [9.17, 15) is 5.11 Å². The number of fused-ring (bicyclic) bond motifs is 4. The van der Waals surface area contributed by atoms with Crippen LogP contribution < -0.4 is 0 Å². The van der Waals surface area contributed by atoms with Crippen LogP contribution in [0.15, 0.2) is 49.2 Å². The Labute approximate surface area is 143 Å². The molecule has 0 saturated carbocycles. The molecule has 1 N–H and O–H groups in total. The van der Waals surface area contributed by atoms with E-state index in [2.05, 4.69) is 28.6 Å². The van der Waals surface area contributed by atoms with Gasteiger partial charge in [-0.05, 0) is 48.9 Å². The Kier molecular flexibility index (Phi) is 4.72. The number of aromatic nitrogens is 1. The lowest BCUT2D eigenvalue weighted by atomic mass is 9.73. The molecule has 1 aromatic heterocycles. The van der Waals surface area contributed by atoms with Crippen LogP contribution in [0.25, 0.3) is 10.9 Å². The number of rotatable bonds is 3. The SMILES string of the molecule is C=C[C@H]1CN2CC[C@@H]1C[C@@H]2[C@@H](O)c1ccnc2ccccc12.Cl. The number of aliphatic hydroxyl groups is 1. The van der Waals surface area contributed by atoms with Crippen molar-refractivity contribution in [2.45, 2.75) is 25.0 Å². The zero-order valence-electron chi connectivity index (χ0n) is 13.1. The molecule has 3 aliphatic heterocycles. The highest BCUT2D eigenvalue weighted by Gasteiger charge is 2.42. The maximum atomic E-state index is 11.0. The van der Waals surface area contributed by atoms with Crippen LogP contribution in [0.2, 0.25) is 0 Å². The van der Waals surface area contributed by atoms with Crippen molar-refractivity contribution in [3.63, 3.8) is 0 Å². The first kappa shape index (κ1) is 16.4. The first-order chi connectivity index (χ1) is 10.8. The minimum Gasteiger partial charge on any atom is -0.387 e. The lowest BCUT2D eigenvalue weighted by molar-refractivity contribution is -0.0444. The standard InChI is InChI=1S/C19H22N2O.ClH/c1-2-13-12-21-10-8-14(13)11-18(21)19(22)16-7-9-20-17-6-4-3-5-15(16)17;/h2-7,9,13-14,18-19,22H,1,8,10-12H2;1H/t13-,14+,18+,19-;/m0./s1. The van der Waals surface area contributed by atoms with Crippen molar-refractivity contribution in [2.24, 2.45) is 11.8 Å². The van der Waals surface area contributed by atoms with E-state index in [1.807, 2.05) is 30.5 Å². The van der Waals surface area contributed by atoms with Gasteiger partial charge in [0.1, 0.15) is 0 Å². The van der Waals surface area contributed by atoms with Gasteiger partial charge >= 0.3 is 0 Å². The molecule has 4 heteroatoms. The van der Waals surface area contributed by atoms with Crippen LogP contribution in [-0.2, 0) is 0 Å². The fraction of sp³-hybridized carbons (Fsp3) is 0.421. The van der Waals surface area contributed by atoms with Gasteiger partial charge < -0.3 is 5.11 Å². The van der Waals surface area contributed by atoms with Crippen LogP contribution in [0, 0.1) is 11.8 Å². The average molecular weight is 331 g/mol. The van der Waals surface area contributed by atoms with E-state index in [1.165, 1.54) is 6.42 Å². The average Bonchev–Trinajstić information content (AvgIpc) is 2.60. The van der Waals surface area contributed by atoms with E-state index >= 15 is 0 Å². The van der Waals surface area contributed by atoms with E-state index in [0.717, 1.165) is 36.0 Å². The van der Waals surface area contributed by atoms with Crippen molar-refractivity contribution in [3.05, 3.63) is 54.7 Å². The van der Waals surface area contributed by atoms with Gasteiger partial charge in [0.2, 0.25) is 0 Å². The molecule has 0 aliphatic carbocycles. The van der Waals surface area contributed by atoms with Crippen molar-refractivity contribution < 1.29 is 5.11 Å². The van der Waals surface area contributed by atoms with E-state index < -0.39 is 6.10 Å². The van der Waals surface area contributed by atoms with Gasteiger partial charge in [-0.25, -0.2) is 0 Å². The van der Waals surface area contributed by atoms with Gasteiger partial charge in [0, 0.05) is 24.2 Å². The second-order valence-corrected chi connectivity index (χ2v) is 6.61. The maximum absolute atomic E-state index is 11.0. The topological polar surface area (TPSA) is 36.4 Å². The molecule has 1 aromatic carbocycles. The highest BCUT2D eigenvalue weighted by molar-refractivity contribution is 5.85. The summed E-state index contributed by atoms with van der Waals surface area (Å²) in [5.41, 5.74) is 1.97. The number of halogens is 1. The Morgan fingerprint density at radius 1 is 1.30 bits per heavy atom. The monoisotopic (exact) mass is 330 g/mol. The highest BCUT2D eigenvalue weighted by atomic mass is 35.5. The summed E-state index contributed by atoms with van der Waals surface area (Å²) in [7, 11) is 0. The third-order valence-corrected chi connectivity index (χ3v) is 5.52. The predicted octanol–water partition coefficient (Wildman–Crippen LogP) is 3.59. The summed E-state index contributed by atoms with van der Waals surface area (Å²) in [6.45, 7) is 6.11. The molecular formula is C19H23ClN2O. The molecule has 5 atom stereocenters. The minimum atomic E-state index is -0.443. The van der Waals surface area contributed by atoms with Crippen molar-refractivity contribution in [1.29, 1.82) is 0 Å². The number of aliphatic hydroxyl groups excluding tert-OH is 1. The number of para-hydroxylation sites is 1. The van der Waals surface area contributed by atoms with Crippen molar-refractivity contribution in [2.75, 3.05) is 13.1 Å². The van der Waals surface area contributed by atoms with Crippen molar-refractivity contribution >= 4 is 23.3 Å². The Morgan fingerprint density at radius 3 is 2.87 bits per heavy atom. The third kappa shape index (κ3) is 2.78. The fourth-order valence-corrected chi connectivity index (χ4v) is 4.29. The minimum absolute atomic E-state index is 0. The number of pyridine rings is 1. The lowest BCUT2D eigenvalue weighted by Crippen LogP contribution is -2.54. The molecule has 3 aliphatic rings. The van der Waals surface area contributed by atoms with Crippen LogP contribution >= 0.6 is 12.4 Å². The molecule has 1 unspecified atom stereocenters. The summed E-state index contributed by atoms with van der Waals surface area (Å²) in [5.74, 6) is 1.27. The molecule has 23 heavy (non-hydrogen) atoms. The number of nitrogens with zero attached hydrogens (tertiary/aromatic N) is 2. The Bertz CT molecular complexity index is 699. The van der Waals surface area contributed by atoms with Crippen molar-refractivity contribution in [1.82, 2.24) is 9.88 Å². The number of benzene rings is 1. The molecule has 4 heterocycles. The summed E-state index contributed by atoms with van der Waals surface area (Å²) in [6.07, 6.45) is 5.76. The molecule has 0 spiro atoms. The van der Waals surface area contributed by atoms with Crippen LogP contribution in [-0.4, -0.2) is 34.1 Å². The van der Waals surface area contributed by atoms with Crippen LogP contribution in [0.1, 0.15) is 24.5 Å². The first-order valence-corrected chi connectivity index (χ1v) is 8.16. The zero-order valence-corrected chi connectivity index (χ0v) is 14.0. The van der Waals surface area contributed by atoms with E-state index in [-0.39, 0.29) is 18.4 Å². The Balaban J connectivity index is 0.00000156. The fourth-order valence-electron chi connectivity index (χ4n) is 4.29. The van der Waals surface area contributed by atoms with E-state index in [4.69, 9.17) is 0 Å². The molecule has 3 nitrogen and oxygen atoms in total. The zero-order chi connectivity index (χ0) is 15.1. The molecule has 3 fully saturated rings. The summed E-state index contributed by atoms with van der Waals surface area (Å²) in [4.78, 5) is 6.86. The third-order valence-electron chi connectivity index (χ3n) is 5.52. The Hall–Kier alpha value is -1.42. The van der Waals surface area contributed by atoms with Crippen LogP contribution in [0.5, 0.6) is 0 Å². The summed E-state index contributed by atoms with van der Waals surface area (Å²) < 4.78 is 0. The molecular weight excluding hydrogens is 308 g/mol. The van der Waals surface area contributed by atoms with Gasteiger partial charge in [0.25, 0.3) is 0 Å². The largest absolute Gasteiger partial charge is 0.387 e. The van der Waals surface area contributed by atoms with Gasteiger partial charge in [-0.3, -0.25) is 9.88 Å². The Morgan fingerprint density at radius 2 is 2.13 bits per heavy atom. The van der Waals surface area contributed by atoms with E-state index in [0.29, 0.717) is 11.8 Å². The van der Waals surface area contributed by atoms with Crippen LogP contribution in [0.4, 0.5) is 0 Å². The molecule has 122 valence electrons. The lowest BCUT2D eigenvalue weighted by Gasteiger charge is -2.50. The first-order valence-electron chi connectivity index (χ1n) is 8.16. The molecule has 2 aromatic rings. The molecule has 3 saturated heterocycles. The molecule has 5 rings (SSSR count). The predicted molar refractivity (Wildman–Crippen MR) is 95.7 cm³/mol. The number of piperidine rings is 3. The van der Waals surface area contributed by atoms with Gasteiger partial charge in [-0.2, -0.15) is 0 Å². The maximum Gasteiger partial charge on any atom is 0.0952 e. The smallest absolute Gasteiger partial charge is 0.0952 e. The van der Waals surface area contributed by atoms with Crippen molar-refractivity contribution in [3.8, 4) is 0 Å². The van der Waals surface area contributed by atoms with Gasteiger partial charge in [-0.1, -0.05) is 24.3 Å². The second kappa shape index (κ2) is 6.60. The van der Waals surface area contributed by atoms with E-state index in [1.54, 1.807) is 0 Å². The number of hydrogen-bond acceptors (Lipinski definition) is 3. The molecule has 2 bridgehead atoms. The quantitative estimate of drug-likeness (QED) is 0.874. The summed E-state index contributed by atoms with van der Waals surface area (Å²) in [5, 5.41) is 12.1. The summed E-state index contributed by atoms with van der Waals surface area (Å²) in [6, 6.07) is 10.3.